The smallest absolute Gasteiger partial charge is 0.304 e. The fraction of sp³-hybridized carbons (Fsp3) is 0. The predicted molar refractivity (Wildman–Crippen MR) is 106 cm³/mol. The van der Waals surface area contributed by atoms with Crippen LogP contribution in [0.3, 0.4) is 0 Å². The number of carbonyl (C=O) groups is 1. The number of nitriles is 1. The van der Waals surface area contributed by atoms with E-state index in [0.29, 0.717) is 5.56 Å². The van der Waals surface area contributed by atoms with Crippen molar-refractivity contribution in [3.63, 3.8) is 0 Å². The minimum atomic E-state index is -4.11. The average molecular weight is 410 g/mol. The molecule has 3 aromatic carbocycles. The molecule has 0 bridgehead atoms. The summed E-state index contributed by atoms with van der Waals surface area (Å²) in [7, 11) is -4.11. The number of anilines is 2. The van der Waals surface area contributed by atoms with E-state index in [4.69, 9.17) is 5.26 Å². The molecule has 7 nitrogen and oxygen atoms in total. The summed E-state index contributed by atoms with van der Waals surface area (Å²) in [4.78, 5) is 14.9. The van der Waals surface area contributed by atoms with E-state index in [1.54, 1.807) is 18.2 Å². The molecule has 0 atom stereocenters. The summed E-state index contributed by atoms with van der Waals surface area (Å²) >= 11 is 0. The Balaban J connectivity index is 1.96. The van der Waals surface area contributed by atoms with Gasteiger partial charge in [0.1, 0.15) is 5.82 Å². The van der Waals surface area contributed by atoms with Gasteiger partial charge in [-0.3, -0.25) is 0 Å². The van der Waals surface area contributed by atoms with E-state index in [-0.39, 0.29) is 16.3 Å². The van der Waals surface area contributed by atoms with Crippen molar-refractivity contribution in [2.24, 2.45) is 0 Å². The van der Waals surface area contributed by atoms with Crippen LogP contribution in [0.5, 0.6) is 0 Å². The van der Waals surface area contributed by atoms with E-state index in [1.807, 2.05) is 6.07 Å². The fourth-order valence-corrected chi connectivity index (χ4v) is 3.45. The third kappa shape index (κ3) is 4.76. The van der Waals surface area contributed by atoms with E-state index < -0.39 is 21.9 Å². The third-order valence-electron chi connectivity index (χ3n) is 3.84. The SMILES string of the molecule is N#Cc1ccc(N(NS(=O)(=O)c2ccccc2)C(=O)Nc2ccccc2F)cc1. The van der Waals surface area contributed by atoms with Crippen molar-refractivity contribution in [2.75, 3.05) is 10.3 Å². The molecule has 9 heteroatoms. The number of carbonyl (C=O) groups excluding carboxylic acids is 1. The second kappa shape index (κ2) is 8.52. The summed E-state index contributed by atoms with van der Waals surface area (Å²) < 4.78 is 39.3. The fourth-order valence-electron chi connectivity index (χ4n) is 2.40. The Morgan fingerprint density at radius 3 is 2.17 bits per heavy atom. The molecule has 0 unspecified atom stereocenters. The van der Waals surface area contributed by atoms with Crippen LogP contribution in [0.25, 0.3) is 0 Å². The summed E-state index contributed by atoms with van der Waals surface area (Å²) in [5.41, 5.74) is 0.349. The topological polar surface area (TPSA) is 102 Å². The quantitative estimate of drug-likeness (QED) is 0.627. The van der Waals surface area contributed by atoms with Crippen LogP contribution in [0, 0.1) is 17.1 Å². The third-order valence-corrected chi connectivity index (χ3v) is 5.15. The molecule has 3 rings (SSSR count). The molecule has 2 N–H and O–H groups in total. The highest BCUT2D eigenvalue weighted by Crippen LogP contribution is 2.19. The Morgan fingerprint density at radius 1 is 0.931 bits per heavy atom. The second-order valence-electron chi connectivity index (χ2n) is 5.81. The number of halogens is 1. The van der Waals surface area contributed by atoms with Crippen molar-refractivity contribution in [3.8, 4) is 6.07 Å². The number of hydrogen-bond donors (Lipinski definition) is 2. The summed E-state index contributed by atoms with van der Waals surface area (Å²) in [5, 5.41) is 12.0. The first-order valence-corrected chi connectivity index (χ1v) is 9.82. The van der Waals surface area contributed by atoms with Gasteiger partial charge in [-0.2, -0.15) is 5.26 Å². The van der Waals surface area contributed by atoms with Crippen molar-refractivity contribution >= 4 is 27.4 Å². The first kappa shape index (κ1) is 20.0. The van der Waals surface area contributed by atoms with Gasteiger partial charge in [-0.15, -0.1) is 4.83 Å². The van der Waals surface area contributed by atoms with E-state index in [2.05, 4.69) is 10.1 Å². The molecule has 0 radical (unpaired) electrons. The molecule has 3 aromatic rings. The minimum absolute atomic E-state index is 0.0580. The Morgan fingerprint density at radius 2 is 1.55 bits per heavy atom. The number of urea groups is 1. The van der Waals surface area contributed by atoms with Crippen LogP contribution in [0.1, 0.15) is 5.56 Å². The number of hydrazine groups is 1. The lowest BCUT2D eigenvalue weighted by Crippen LogP contribution is -2.48. The molecule has 0 aliphatic heterocycles. The van der Waals surface area contributed by atoms with Gasteiger partial charge < -0.3 is 5.32 Å². The van der Waals surface area contributed by atoms with Crippen molar-refractivity contribution in [1.82, 2.24) is 4.83 Å². The van der Waals surface area contributed by atoms with Crippen molar-refractivity contribution in [2.45, 2.75) is 4.90 Å². The Bertz CT molecular complexity index is 1160. The molecular weight excluding hydrogens is 395 g/mol. The Kier molecular flexibility index (Phi) is 5.87. The van der Waals surface area contributed by atoms with E-state index in [9.17, 15) is 17.6 Å². The van der Waals surface area contributed by atoms with Gasteiger partial charge in [-0.05, 0) is 48.5 Å². The lowest BCUT2D eigenvalue weighted by Gasteiger charge is -2.23. The van der Waals surface area contributed by atoms with Crippen LogP contribution < -0.4 is 15.2 Å². The Hall–Kier alpha value is -3.74. The molecule has 2 amide bonds. The predicted octanol–water partition coefficient (Wildman–Crippen LogP) is 3.63. The molecule has 0 aliphatic rings. The first-order chi connectivity index (χ1) is 13.9. The molecule has 0 heterocycles. The number of para-hydroxylation sites is 1. The number of nitrogens with one attached hydrogen (secondary N) is 2. The zero-order valence-electron chi connectivity index (χ0n) is 14.9. The Labute approximate surface area is 167 Å². The van der Waals surface area contributed by atoms with Gasteiger partial charge in [0.15, 0.2) is 0 Å². The second-order valence-corrected chi connectivity index (χ2v) is 7.47. The first-order valence-electron chi connectivity index (χ1n) is 8.34. The van der Waals surface area contributed by atoms with Gasteiger partial charge in [0.05, 0.1) is 27.9 Å². The maximum Gasteiger partial charge on any atom is 0.341 e. The number of hydrogen-bond acceptors (Lipinski definition) is 4. The summed E-state index contributed by atoms with van der Waals surface area (Å²) in [6.45, 7) is 0. The van der Waals surface area contributed by atoms with Crippen LogP contribution in [-0.4, -0.2) is 14.4 Å². The van der Waals surface area contributed by atoms with Gasteiger partial charge in [0.2, 0.25) is 0 Å². The van der Waals surface area contributed by atoms with Crippen molar-refractivity contribution in [1.29, 1.82) is 5.26 Å². The van der Waals surface area contributed by atoms with Crippen molar-refractivity contribution < 1.29 is 17.6 Å². The largest absolute Gasteiger partial charge is 0.341 e. The molecular formula is C20H15FN4O3S. The molecule has 0 saturated heterocycles. The minimum Gasteiger partial charge on any atom is -0.304 e. The molecule has 0 aromatic heterocycles. The summed E-state index contributed by atoms with van der Waals surface area (Å²) in [5.74, 6) is -0.674. The highest BCUT2D eigenvalue weighted by Gasteiger charge is 2.24. The zero-order chi connectivity index (χ0) is 20.9. The van der Waals surface area contributed by atoms with Gasteiger partial charge in [0.25, 0.3) is 10.0 Å². The molecule has 0 spiro atoms. The molecule has 0 aliphatic carbocycles. The van der Waals surface area contributed by atoms with Gasteiger partial charge >= 0.3 is 6.03 Å². The van der Waals surface area contributed by atoms with Gasteiger partial charge in [-0.1, -0.05) is 30.3 Å². The monoisotopic (exact) mass is 410 g/mol. The molecule has 29 heavy (non-hydrogen) atoms. The van der Waals surface area contributed by atoms with Gasteiger partial charge in [0, 0.05) is 0 Å². The van der Waals surface area contributed by atoms with Crippen LogP contribution in [0.4, 0.5) is 20.6 Å². The maximum absolute atomic E-state index is 13.9. The number of nitrogens with zero attached hydrogens (tertiary/aromatic N) is 2. The van der Waals surface area contributed by atoms with Crippen LogP contribution >= 0.6 is 0 Å². The van der Waals surface area contributed by atoms with Crippen LogP contribution in [0.15, 0.2) is 83.8 Å². The van der Waals surface area contributed by atoms with Crippen LogP contribution in [-0.2, 0) is 10.0 Å². The molecule has 0 saturated carbocycles. The normalized spacial score (nSPS) is 10.8. The molecule has 0 fully saturated rings. The van der Waals surface area contributed by atoms with E-state index in [1.165, 1.54) is 54.6 Å². The summed E-state index contributed by atoms with van der Waals surface area (Å²) in [6, 6.07) is 19.6. The molecule has 146 valence electrons. The number of amides is 2. The standard InChI is InChI=1S/C20H15FN4O3S/c21-18-8-4-5-9-19(18)23-20(26)25(16-12-10-15(14-22)11-13-16)24-29(27,28)17-6-2-1-3-7-17/h1-13,24H,(H,23,26). The van der Waals surface area contributed by atoms with Crippen LogP contribution in [0.2, 0.25) is 0 Å². The highest BCUT2D eigenvalue weighted by atomic mass is 32.2. The lowest BCUT2D eigenvalue weighted by atomic mass is 10.2. The average Bonchev–Trinajstić information content (AvgIpc) is 2.74. The van der Waals surface area contributed by atoms with E-state index in [0.717, 1.165) is 11.1 Å². The van der Waals surface area contributed by atoms with Crippen molar-refractivity contribution in [3.05, 3.63) is 90.2 Å². The summed E-state index contributed by atoms with van der Waals surface area (Å²) in [6.07, 6.45) is 0. The zero-order valence-corrected chi connectivity index (χ0v) is 15.7. The highest BCUT2D eigenvalue weighted by molar-refractivity contribution is 7.89. The van der Waals surface area contributed by atoms with E-state index >= 15 is 0 Å². The maximum atomic E-state index is 13.9. The number of sulfonamides is 1. The number of benzene rings is 3. The number of rotatable bonds is 5. The van der Waals surface area contributed by atoms with Gasteiger partial charge in [-0.25, -0.2) is 22.6 Å². The lowest BCUT2D eigenvalue weighted by molar-refractivity contribution is 0.256.